The molecular weight excluding hydrogens is 339 g/mol. The summed E-state index contributed by atoms with van der Waals surface area (Å²) in [6, 6.07) is 8.14. The fourth-order valence-electron chi connectivity index (χ4n) is 1.49. The molecule has 0 radical (unpaired) electrons. The van der Waals surface area contributed by atoms with Crippen LogP contribution in [0.5, 0.6) is 0 Å². The van der Waals surface area contributed by atoms with Crippen LogP contribution in [0.2, 0.25) is 10.0 Å². The summed E-state index contributed by atoms with van der Waals surface area (Å²) < 4.78 is 0. The molecule has 0 N–H and O–H groups in total. The first-order valence-corrected chi connectivity index (χ1v) is 7.01. The Morgan fingerprint density at radius 3 is 1.48 bits per heavy atom. The third-order valence-corrected chi connectivity index (χ3v) is 4.47. The lowest BCUT2D eigenvalue weighted by atomic mass is 10.3. The number of rotatable bonds is 4. The zero-order chi connectivity index (χ0) is 15.6. The van der Waals surface area contributed by atoms with E-state index >= 15 is 0 Å². The molecule has 21 heavy (non-hydrogen) atoms. The van der Waals surface area contributed by atoms with Crippen LogP contribution in [0, 0.1) is 20.2 Å². The van der Waals surface area contributed by atoms with Crippen molar-refractivity contribution >= 4 is 46.3 Å². The number of nitro benzene ring substituents is 2. The van der Waals surface area contributed by atoms with Gasteiger partial charge in [0.1, 0.15) is 0 Å². The lowest BCUT2D eigenvalue weighted by Crippen LogP contribution is -1.89. The summed E-state index contributed by atoms with van der Waals surface area (Å²) in [6.45, 7) is 0. The minimum Gasteiger partial charge on any atom is -0.258 e. The molecule has 0 aliphatic heterocycles. The summed E-state index contributed by atoms with van der Waals surface area (Å²) in [6.07, 6.45) is 0. The Balaban J connectivity index is 2.30. The molecule has 0 spiro atoms. The van der Waals surface area contributed by atoms with Gasteiger partial charge in [0.25, 0.3) is 11.4 Å². The van der Waals surface area contributed by atoms with E-state index in [1.807, 2.05) is 0 Å². The molecule has 0 unspecified atom stereocenters. The number of halogens is 2. The van der Waals surface area contributed by atoms with Crippen molar-refractivity contribution in [1.29, 1.82) is 0 Å². The Morgan fingerprint density at radius 2 is 1.19 bits per heavy atom. The van der Waals surface area contributed by atoms with Crippen LogP contribution in [-0.4, -0.2) is 9.85 Å². The van der Waals surface area contributed by atoms with Gasteiger partial charge < -0.3 is 0 Å². The van der Waals surface area contributed by atoms with E-state index < -0.39 is 9.85 Å². The molecule has 0 atom stereocenters. The summed E-state index contributed by atoms with van der Waals surface area (Å²) in [4.78, 5) is 21.3. The first-order chi connectivity index (χ1) is 9.88. The molecule has 0 aliphatic carbocycles. The molecule has 0 aliphatic rings. The molecule has 0 aromatic heterocycles. The second-order valence-corrected chi connectivity index (χ2v) is 5.74. The Morgan fingerprint density at radius 1 is 0.810 bits per heavy atom. The predicted octanol–water partition coefficient (Wildman–Crippen LogP) is 4.96. The van der Waals surface area contributed by atoms with E-state index in [9.17, 15) is 20.2 Å². The fourth-order valence-corrected chi connectivity index (χ4v) is 2.89. The van der Waals surface area contributed by atoms with Crippen molar-refractivity contribution in [3.8, 4) is 0 Å². The second kappa shape index (κ2) is 6.30. The highest BCUT2D eigenvalue weighted by molar-refractivity contribution is 7.99. The number of nitrogens with zero attached hydrogens (tertiary/aromatic N) is 2. The van der Waals surface area contributed by atoms with E-state index in [1.165, 1.54) is 48.2 Å². The molecular formula is C12H6Cl2N2O4S. The summed E-state index contributed by atoms with van der Waals surface area (Å²) >= 11 is 13.1. The quantitative estimate of drug-likeness (QED) is 0.577. The Hall–Kier alpha value is -1.83. The van der Waals surface area contributed by atoms with Gasteiger partial charge in [-0.15, -0.1) is 0 Å². The average Bonchev–Trinajstić information content (AvgIpc) is 2.42. The highest BCUT2D eigenvalue weighted by atomic mass is 35.5. The highest BCUT2D eigenvalue weighted by Crippen LogP contribution is 2.39. The first kappa shape index (κ1) is 15.6. The fraction of sp³-hybridized carbons (Fsp3) is 0. The van der Waals surface area contributed by atoms with Gasteiger partial charge in [0.2, 0.25) is 0 Å². The van der Waals surface area contributed by atoms with Crippen molar-refractivity contribution in [3.05, 3.63) is 66.7 Å². The summed E-state index contributed by atoms with van der Waals surface area (Å²) in [7, 11) is 0. The first-order valence-electron chi connectivity index (χ1n) is 5.44. The SMILES string of the molecule is O=[N+]([O-])c1ccc(Sc2ccc([N+](=O)[O-])cc2Cl)c(Cl)c1. The zero-order valence-electron chi connectivity index (χ0n) is 10.2. The number of nitro groups is 2. The van der Waals surface area contributed by atoms with Gasteiger partial charge in [0, 0.05) is 34.1 Å². The molecule has 0 heterocycles. The van der Waals surface area contributed by atoms with Crippen LogP contribution in [0.15, 0.2) is 46.2 Å². The standard InChI is InChI=1S/C12H6Cl2N2O4S/c13-9-5-7(15(17)18)1-3-11(9)21-12-4-2-8(16(19)20)6-10(12)14/h1-6H. The van der Waals surface area contributed by atoms with Crippen molar-refractivity contribution in [1.82, 2.24) is 0 Å². The van der Waals surface area contributed by atoms with E-state index in [0.29, 0.717) is 9.79 Å². The molecule has 2 aromatic rings. The van der Waals surface area contributed by atoms with Crippen molar-refractivity contribution in [2.24, 2.45) is 0 Å². The van der Waals surface area contributed by atoms with Crippen LogP contribution in [0.3, 0.4) is 0 Å². The molecule has 9 heteroatoms. The Bertz CT molecular complexity index is 678. The number of hydrogen-bond donors (Lipinski definition) is 0. The van der Waals surface area contributed by atoms with Crippen LogP contribution in [-0.2, 0) is 0 Å². The maximum atomic E-state index is 10.6. The summed E-state index contributed by atoms with van der Waals surface area (Å²) in [5, 5.41) is 21.7. The lowest BCUT2D eigenvalue weighted by Gasteiger charge is -2.06. The van der Waals surface area contributed by atoms with Crippen LogP contribution in [0.25, 0.3) is 0 Å². The van der Waals surface area contributed by atoms with Gasteiger partial charge in [0.05, 0.1) is 19.9 Å². The van der Waals surface area contributed by atoms with Crippen LogP contribution in [0.1, 0.15) is 0 Å². The van der Waals surface area contributed by atoms with Crippen molar-refractivity contribution in [3.63, 3.8) is 0 Å². The monoisotopic (exact) mass is 344 g/mol. The Labute approximate surface area is 133 Å². The minimum absolute atomic E-state index is 0.112. The van der Waals surface area contributed by atoms with E-state index in [4.69, 9.17) is 23.2 Å². The molecule has 0 fully saturated rings. The molecule has 2 aromatic carbocycles. The van der Waals surface area contributed by atoms with Gasteiger partial charge in [0.15, 0.2) is 0 Å². The highest BCUT2D eigenvalue weighted by Gasteiger charge is 2.14. The third kappa shape index (κ3) is 3.63. The van der Waals surface area contributed by atoms with E-state index in [0.717, 1.165) is 0 Å². The van der Waals surface area contributed by atoms with Crippen molar-refractivity contribution < 1.29 is 9.85 Å². The van der Waals surface area contributed by atoms with E-state index in [2.05, 4.69) is 0 Å². The molecule has 0 bridgehead atoms. The van der Waals surface area contributed by atoms with Crippen LogP contribution in [0.4, 0.5) is 11.4 Å². The predicted molar refractivity (Wildman–Crippen MR) is 80.3 cm³/mol. The van der Waals surface area contributed by atoms with Crippen molar-refractivity contribution in [2.75, 3.05) is 0 Å². The van der Waals surface area contributed by atoms with E-state index in [-0.39, 0.29) is 21.4 Å². The normalized spacial score (nSPS) is 10.4. The van der Waals surface area contributed by atoms with Gasteiger partial charge in [-0.25, -0.2) is 0 Å². The maximum absolute atomic E-state index is 10.6. The smallest absolute Gasteiger partial charge is 0.258 e. The summed E-state index contributed by atoms with van der Waals surface area (Å²) in [5.74, 6) is 0. The van der Waals surface area contributed by atoms with Gasteiger partial charge >= 0.3 is 0 Å². The molecule has 2 rings (SSSR count). The second-order valence-electron chi connectivity index (χ2n) is 3.85. The lowest BCUT2D eigenvalue weighted by molar-refractivity contribution is -0.385. The van der Waals surface area contributed by atoms with Gasteiger partial charge in [-0.05, 0) is 12.1 Å². The maximum Gasteiger partial charge on any atom is 0.270 e. The molecule has 6 nitrogen and oxygen atoms in total. The third-order valence-electron chi connectivity index (χ3n) is 2.47. The van der Waals surface area contributed by atoms with Crippen molar-refractivity contribution in [2.45, 2.75) is 9.79 Å². The summed E-state index contributed by atoms with van der Waals surface area (Å²) in [5.41, 5.74) is -0.224. The van der Waals surface area contributed by atoms with Gasteiger partial charge in [-0.2, -0.15) is 0 Å². The number of hydrogen-bond acceptors (Lipinski definition) is 5. The molecule has 0 saturated heterocycles. The van der Waals surface area contributed by atoms with E-state index in [1.54, 1.807) is 0 Å². The molecule has 0 amide bonds. The van der Waals surface area contributed by atoms with Gasteiger partial charge in [-0.3, -0.25) is 20.2 Å². The molecule has 108 valence electrons. The molecule has 0 saturated carbocycles. The minimum atomic E-state index is -0.542. The average molecular weight is 345 g/mol. The van der Waals surface area contributed by atoms with Gasteiger partial charge in [-0.1, -0.05) is 35.0 Å². The topological polar surface area (TPSA) is 86.3 Å². The zero-order valence-corrected chi connectivity index (χ0v) is 12.5. The Kier molecular flexibility index (Phi) is 4.66. The number of benzene rings is 2. The largest absolute Gasteiger partial charge is 0.270 e. The van der Waals surface area contributed by atoms with Crippen LogP contribution >= 0.6 is 35.0 Å². The number of non-ortho nitro benzene ring substituents is 2. The van der Waals surface area contributed by atoms with Crippen LogP contribution < -0.4 is 0 Å².